The predicted molar refractivity (Wildman–Crippen MR) is 76.9 cm³/mol. The highest BCUT2D eigenvalue weighted by molar-refractivity contribution is 5.79. The molecule has 0 bridgehead atoms. The fraction of sp³-hybridized carbons (Fsp3) is 0.467. The van der Waals surface area contributed by atoms with Gasteiger partial charge in [0.15, 0.2) is 0 Å². The minimum atomic E-state index is -0.941. The van der Waals surface area contributed by atoms with E-state index < -0.39 is 5.97 Å². The Morgan fingerprint density at radius 1 is 1.10 bits per heavy atom. The van der Waals surface area contributed by atoms with E-state index in [1.54, 1.807) is 0 Å². The van der Waals surface area contributed by atoms with Crippen LogP contribution in [0, 0.1) is 0 Å². The molecule has 0 spiro atoms. The summed E-state index contributed by atoms with van der Waals surface area (Å²) in [5.41, 5.74) is 0.888. The number of aliphatic hydroxyl groups is 1. The second kappa shape index (κ2) is 9.90. The van der Waals surface area contributed by atoms with Gasteiger partial charge < -0.3 is 19.8 Å². The van der Waals surface area contributed by atoms with Crippen molar-refractivity contribution in [3.05, 3.63) is 35.9 Å². The van der Waals surface area contributed by atoms with E-state index in [2.05, 4.69) is 0 Å². The summed E-state index contributed by atoms with van der Waals surface area (Å²) in [4.78, 5) is 24.4. The van der Waals surface area contributed by atoms with E-state index in [1.807, 2.05) is 30.3 Å². The summed E-state index contributed by atoms with van der Waals surface area (Å²) in [6, 6.07) is 9.30. The van der Waals surface area contributed by atoms with Crippen LogP contribution in [0.5, 0.6) is 0 Å². The molecule has 1 aromatic carbocycles. The van der Waals surface area contributed by atoms with Crippen molar-refractivity contribution in [2.24, 2.45) is 0 Å². The van der Waals surface area contributed by atoms with Crippen LogP contribution in [-0.2, 0) is 20.7 Å². The third-order valence-corrected chi connectivity index (χ3v) is 2.89. The number of benzene rings is 1. The van der Waals surface area contributed by atoms with Gasteiger partial charge >= 0.3 is 5.97 Å². The van der Waals surface area contributed by atoms with E-state index in [-0.39, 0.29) is 45.1 Å². The largest absolute Gasteiger partial charge is 0.481 e. The number of carboxylic acid groups (broad SMARTS) is 1. The maximum absolute atomic E-state index is 12.2. The van der Waals surface area contributed by atoms with Crippen LogP contribution in [0.25, 0.3) is 0 Å². The topological polar surface area (TPSA) is 87.1 Å². The quantitative estimate of drug-likeness (QED) is 0.615. The first-order chi connectivity index (χ1) is 10.1. The molecule has 2 N–H and O–H groups in total. The number of nitrogens with zero attached hydrogens (tertiary/aromatic N) is 1. The maximum atomic E-state index is 12.2. The van der Waals surface area contributed by atoms with E-state index in [1.165, 1.54) is 4.90 Å². The summed E-state index contributed by atoms with van der Waals surface area (Å²) in [6.45, 7) is 0.885. The number of amides is 1. The minimum absolute atomic E-state index is 0.0763. The molecule has 0 aliphatic heterocycles. The maximum Gasteiger partial charge on any atom is 0.305 e. The van der Waals surface area contributed by atoms with Gasteiger partial charge in [-0.05, 0) is 5.56 Å². The van der Waals surface area contributed by atoms with Crippen LogP contribution >= 0.6 is 0 Å². The van der Waals surface area contributed by atoms with Crippen molar-refractivity contribution in [1.29, 1.82) is 0 Å². The molecule has 0 unspecified atom stereocenters. The van der Waals surface area contributed by atoms with Crippen molar-refractivity contribution in [2.45, 2.75) is 12.8 Å². The van der Waals surface area contributed by atoms with Crippen LogP contribution in [0.1, 0.15) is 12.0 Å². The summed E-state index contributed by atoms with van der Waals surface area (Å²) in [7, 11) is 0. The number of carbonyl (C=O) groups excluding carboxylic acids is 1. The molecule has 6 nitrogen and oxygen atoms in total. The van der Waals surface area contributed by atoms with E-state index in [9.17, 15) is 9.59 Å². The number of carbonyl (C=O) groups is 2. The Morgan fingerprint density at radius 3 is 2.43 bits per heavy atom. The lowest BCUT2D eigenvalue weighted by Gasteiger charge is -2.22. The monoisotopic (exact) mass is 295 g/mol. The third-order valence-electron chi connectivity index (χ3n) is 2.89. The zero-order valence-corrected chi connectivity index (χ0v) is 11.9. The van der Waals surface area contributed by atoms with Gasteiger partial charge in [0, 0.05) is 13.1 Å². The first-order valence-corrected chi connectivity index (χ1v) is 6.85. The molecule has 0 saturated heterocycles. The van der Waals surface area contributed by atoms with E-state index in [0.717, 1.165) is 5.56 Å². The molecule has 0 aromatic heterocycles. The molecular weight excluding hydrogens is 274 g/mol. The Hall–Kier alpha value is -1.92. The van der Waals surface area contributed by atoms with Crippen LogP contribution < -0.4 is 0 Å². The normalized spacial score (nSPS) is 10.3. The summed E-state index contributed by atoms with van der Waals surface area (Å²) in [6.07, 6.45) is 0.140. The SMILES string of the molecule is O=C(O)CCN(CCOCCO)C(=O)Cc1ccccc1. The lowest BCUT2D eigenvalue weighted by molar-refractivity contribution is -0.138. The molecule has 0 heterocycles. The van der Waals surface area contributed by atoms with Crippen LogP contribution in [-0.4, -0.2) is 59.9 Å². The second-order valence-electron chi connectivity index (χ2n) is 4.52. The molecule has 1 amide bonds. The van der Waals surface area contributed by atoms with Gasteiger partial charge in [0.25, 0.3) is 0 Å². The van der Waals surface area contributed by atoms with Gasteiger partial charge in [-0.25, -0.2) is 0 Å². The van der Waals surface area contributed by atoms with Gasteiger partial charge in [-0.3, -0.25) is 9.59 Å². The highest BCUT2D eigenvalue weighted by atomic mass is 16.5. The number of hydrogen-bond acceptors (Lipinski definition) is 4. The molecule has 1 aromatic rings. The van der Waals surface area contributed by atoms with Gasteiger partial charge in [-0.1, -0.05) is 30.3 Å². The first kappa shape index (κ1) is 17.1. The average Bonchev–Trinajstić information content (AvgIpc) is 2.47. The number of rotatable bonds is 10. The Labute approximate surface area is 124 Å². The highest BCUT2D eigenvalue weighted by Gasteiger charge is 2.15. The van der Waals surface area contributed by atoms with Gasteiger partial charge in [-0.15, -0.1) is 0 Å². The van der Waals surface area contributed by atoms with Gasteiger partial charge in [0.1, 0.15) is 0 Å². The average molecular weight is 295 g/mol. The molecular formula is C15H21NO5. The van der Waals surface area contributed by atoms with Crippen LogP contribution in [0.4, 0.5) is 0 Å². The van der Waals surface area contributed by atoms with E-state index in [4.69, 9.17) is 14.9 Å². The molecule has 0 saturated carbocycles. The second-order valence-corrected chi connectivity index (χ2v) is 4.52. The molecule has 6 heteroatoms. The number of aliphatic carboxylic acids is 1. The Balaban J connectivity index is 2.52. The molecule has 116 valence electrons. The molecule has 0 radical (unpaired) electrons. The summed E-state index contributed by atoms with van der Waals surface area (Å²) in [5, 5.41) is 17.4. The number of hydrogen-bond donors (Lipinski definition) is 2. The lowest BCUT2D eigenvalue weighted by Crippen LogP contribution is -2.37. The van der Waals surface area contributed by atoms with Crippen LogP contribution in [0.15, 0.2) is 30.3 Å². The molecule has 0 aliphatic rings. The number of ether oxygens (including phenoxy) is 1. The summed E-state index contributed by atoms with van der Waals surface area (Å²) < 4.78 is 5.13. The summed E-state index contributed by atoms with van der Waals surface area (Å²) in [5.74, 6) is -1.07. The van der Waals surface area contributed by atoms with Crippen LogP contribution in [0.3, 0.4) is 0 Å². The summed E-state index contributed by atoms with van der Waals surface area (Å²) >= 11 is 0. The van der Waals surface area contributed by atoms with Crippen molar-refractivity contribution in [2.75, 3.05) is 32.9 Å². The van der Waals surface area contributed by atoms with Crippen molar-refractivity contribution in [3.8, 4) is 0 Å². The van der Waals surface area contributed by atoms with E-state index >= 15 is 0 Å². The Morgan fingerprint density at radius 2 is 1.81 bits per heavy atom. The molecule has 21 heavy (non-hydrogen) atoms. The fourth-order valence-corrected chi connectivity index (χ4v) is 1.82. The van der Waals surface area contributed by atoms with Gasteiger partial charge in [0.2, 0.25) is 5.91 Å². The van der Waals surface area contributed by atoms with Crippen molar-refractivity contribution < 1.29 is 24.5 Å². The first-order valence-electron chi connectivity index (χ1n) is 6.85. The third kappa shape index (κ3) is 7.43. The minimum Gasteiger partial charge on any atom is -0.481 e. The predicted octanol–water partition coefficient (Wildman–Crippen LogP) is 0.541. The smallest absolute Gasteiger partial charge is 0.305 e. The zero-order valence-electron chi connectivity index (χ0n) is 11.9. The molecule has 0 atom stereocenters. The van der Waals surface area contributed by atoms with E-state index in [0.29, 0.717) is 6.54 Å². The number of aliphatic hydroxyl groups excluding tert-OH is 1. The fourth-order valence-electron chi connectivity index (χ4n) is 1.82. The number of carboxylic acids is 1. The van der Waals surface area contributed by atoms with Crippen molar-refractivity contribution in [3.63, 3.8) is 0 Å². The van der Waals surface area contributed by atoms with Gasteiger partial charge in [0.05, 0.1) is 32.7 Å². The van der Waals surface area contributed by atoms with Crippen LogP contribution in [0.2, 0.25) is 0 Å². The van der Waals surface area contributed by atoms with Gasteiger partial charge in [-0.2, -0.15) is 0 Å². The molecule has 0 fully saturated rings. The zero-order chi connectivity index (χ0) is 15.5. The van der Waals surface area contributed by atoms with Crippen molar-refractivity contribution in [1.82, 2.24) is 4.90 Å². The molecule has 0 aliphatic carbocycles. The Bertz CT molecular complexity index is 435. The van der Waals surface area contributed by atoms with Crippen molar-refractivity contribution >= 4 is 11.9 Å². The lowest BCUT2D eigenvalue weighted by atomic mass is 10.1. The Kier molecular flexibility index (Phi) is 8.08. The standard InChI is InChI=1S/C15H21NO5/c17-9-11-21-10-8-16(7-6-15(19)20)14(18)12-13-4-2-1-3-5-13/h1-5,17H,6-12H2,(H,19,20). The highest BCUT2D eigenvalue weighted by Crippen LogP contribution is 2.04. The molecule has 1 rings (SSSR count).